The van der Waals surface area contributed by atoms with Crippen LogP contribution in [0.1, 0.15) is 18.4 Å². The molecule has 16 heavy (non-hydrogen) atoms. The highest BCUT2D eigenvalue weighted by Crippen LogP contribution is 2.53. The third kappa shape index (κ3) is 1.62. The number of methoxy groups -OCH3 is 2. The zero-order valence-corrected chi connectivity index (χ0v) is 10.1. The summed E-state index contributed by atoms with van der Waals surface area (Å²) in [6, 6.07) is 3.60. The van der Waals surface area contributed by atoms with Crippen LogP contribution >= 0.6 is 11.6 Å². The van der Waals surface area contributed by atoms with Gasteiger partial charge in [0.1, 0.15) is 0 Å². The van der Waals surface area contributed by atoms with Crippen molar-refractivity contribution in [2.45, 2.75) is 18.3 Å². The lowest BCUT2D eigenvalue weighted by Crippen LogP contribution is -2.06. The number of halogens is 1. The van der Waals surface area contributed by atoms with E-state index in [2.05, 4.69) is 5.92 Å². The maximum absolute atomic E-state index is 6.04. The van der Waals surface area contributed by atoms with Crippen LogP contribution in [0.3, 0.4) is 0 Å². The van der Waals surface area contributed by atoms with Gasteiger partial charge in [-0.15, -0.1) is 6.42 Å². The molecule has 0 aromatic heterocycles. The molecule has 3 heteroatoms. The molecule has 0 unspecified atom stereocenters. The molecule has 0 aliphatic heterocycles. The first kappa shape index (κ1) is 11.2. The van der Waals surface area contributed by atoms with Crippen molar-refractivity contribution in [2.75, 3.05) is 14.2 Å². The Morgan fingerprint density at radius 2 is 2.00 bits per heavy atom. The molecular formula is C13H13ClO2. The lowest BCUT2D eigenvalue weighted by atomic mass is 9.95. The minimum atomic E-state index is -0.205. The molecule has 0 spiro atoms. The third-order valence-corrected chi connectivity index (χ3v) is 3.20. The number of rotatable bonds is 3. The molecule has 1 fully saturated rings. The number of ether oxygens (including phenoxy) is 2. The van der Waals surface area contributed by atoms with Crippen LogP contribution in [0.15, 0.2) is 12.1 Å². The SMILES string of the molecule is C#CC1(c2cc(Cl)cc(OC)c2OC)CC1. The van der Waals surface area contributed by atoms with Crippen LogP contribution in [0.4, 0.5) is 0 Å². The highest BCUT2D eigenvalue weighted by Gasteiger charge is 2.45. The quantitative estimate of drug-likeness (QED) is 0.751. The Kier molecular flexibility index (Phi) is 2.73. The molecule has 1 aromatic carbocycles. The monoisotopic (exact) mass is 236 g/mol. The second-order valence-electron chi connectivity index (χ2n) is 3.92. The Morgan fingerprint density at radius 3 is 2.44 bits per heavy atom. The molecule has 1 aliphatic rings. The summed E-state index contributed by atoms with van der Waals surface area (Å²) in [6.45, 7) is 0. The van der Waals surface area contributed by atoms with Gasteiger partial charge in [-0.05, 0) is 18.9 Å². The lowest BCUT2D eigenvalue weighted by molar-refractivity contribution is 0.350. The molecule has 0 amide bonds. The van der Waals surface area contributed by atoms with E-state index in [-0.39, 0.29) is 5.41 Å². The van der Waals surface area contributed by atoms with Gasteiger partial charge < -0.3 is 9.47 Å². The maximum Gasteiger partial charge on any atom is 0.165 e. The molecular weight excluding hydrogens is 224 g/mol. The van der Waals surface area contributed by atoms with E-state index in [1.807, 2.05) is 6.07 Å². The third-order valence-electron chi connectivity index (χ3n) is 2.99. The van der Waals surface area contributed by atoms with Gasteiger partial charge in [0, 0.05) is 16.7 Å². The van der Waals surface area contributed by atoms with Gasteiger partial charge in [0.25, 0.3) is 0 Å². The minimum absolute atomic E-state index is 0.205. The normalized spacial score (nSPS) is 16.4. The van der Waals surface area contributed by atoms with Crippen molar-refractivity contribution in [2.24, 2.45) is 0 Å². The average molecular weight is 237 g/mol. The number of hydrogen-bond acceptors (Lipinski definition) is 2. The first-order valence-corrected chi connectivity index (χ1v) is 5.44. The summed E-state index contributed by atoms with van der Waals surface area (Å²) >= 11 is 6.04. The van der Waals surface area contributed by atoms with Crippen LogP contribution in [0, 0.1) is 12.3 Å². The van der Waals surface area contributed by atoms with Gasteiger partial charge in [0.2, 0.25) is 0 Å². The minimum Gasteiger partial charge on any atom is -0.493 e. The van der Waals surface area contributed by atoms with Gasteiger partial charge in [-0.25, -0.2) is 0 Å². The van der Waals surface area contributed by atoms with Gasteiger partial charge in [-0.3, -0.25) is 0 Å². The summed E-state index contributed by atoms with van der Waals surface area (Å²) in [4.78, 5) is 0. The Hall–Kier alpha value is -1.33. The van der Waals surface area contributed by atoms with E-state index in [0.29, 0.717) is 16.5 Å². The fraction of sp³-hybridized carbons (Fsp3) is 0.385. The van der Waals surface area contributed by atoms with Crippen molar-refractivity contribution in [3.63, 3.8) is 0 Å². The number of terminal acetylenes is 1. The molecule has 1 aliphatic carbocycles. The molecule has 2 rings (SSSR count). The van der Waals surface area contributed by atoms with Crippen molar-refractivity contribution in [1.29, 1.82) is 0 Å². The molecule has 0 radical (unpaired) electrons. The summed E-state index contributed by atoms with van der Waals surface area (Å²) in [5, 5.41) is 0.620. The molecule has 0 N–H and O–H groups in total. The zero-order chi connectivity index (χ0) is 11.8. The van der Waals surface area contributed by atoms with Gasteiger partial charge >= 0.3 is 0 Å². The smallest absolute Gasteiger partial charge is 0.165 e. The Morgan fingerprint density at radius 1 is 1.31 bits per heavy atom. The van der Waals surface area contributed by atoms with E-state index < -0.39 is 0 Å². The highest BCUT2D eigenvalue weighted by molar-refractivity contribution is 6.30. The molecule has 0 atom stereocenters. The van der Waals surface area contributed by atoms with Crippen molar-refractivity contribution in [3.05, 3.63) is 22.7 Å². The topological polar surface area (TPSA) is 18.5 Å². The second-order valence-corrected chi connectivity index (χ2v) is 4.35. The Bertz CT molecular complexity index is 456. The molecule has 0 bridgehead atoms. The molecule has 0 heterocycles. The van der Waals surface area contributed by atoms with E-state index in [1.165, 1.54) is 0 Å². The standard InChI is InChI=1S/C13H13ClO2/c1-4-13(5-6-13)10-7-9(14)8-11(15-2)12(10)16-3/h1,7-8H,5-6H2,2-3H3. The largest absolute Gasteiger partial charge is 0.493 e. The maximum atomic E-state index is 6.04. The van der Waals surface area contributed by atoms with Crippen LogP contribution in [0.25, 0.3) is 0 Å². The van der Waals surface area contributed by atoms with E-state index >= 15 is 0 Å². The summed E-state index contributed by atoms with van der Waals surface area (Å²) in [7, 11) is 3.20. The molecule has 84 valence electrons. The van der Waals surface area contributed by atoms with E-state index in [4.69, 9.17) is 27.5 Å². The van der Waals surface area contributed by atoms with Gasteiger partial charge in [-0.1, -0.05) is 17.5 Å². The number of hydrogen-bond donors (Lipinski definition) is 0. The predicted molar refractivity (Wildman–Crippen MR) is 64.3 cm³/mol. The van der Waals surface area contributed by atoms with Crippen LogP contribution in [-0.4, -0.2) is 14.2 Å². The molecule has 0 saturated heterocycles. The van der Waals surface area contributed by atoms with E-state index in [1.54, 1.807) is 20.3 Å². The summed E-state index contributed by atoms with van der Waals surface area (Å²) < 4.78 is 10.6. The van der Waals surface area contributed by atoms with Crippen molar-refractivity contribution < 1.29 is 9.47 Å². The van der Waals surface area contributed by atoms with Gasteiger partial charge in [-0.2, -0.15) is 0 Å². The predicted octanol–water partition coefficient (Wildman–Crippen LogP) is 3.02. The van der Waals surface area contributed by atoms with Crippen LogP contribution in [0.5, 0.6) is 11.5 Å². The van der Waals surface area contributed by atoms with Crippen LogP contribution < -0.4 is 9.47 Å². The Labute approximate surface area is 101 Å². The fourth-order valence-corrected chi connectivity index (χ4v) is 2.11. The zero-order valence-electron chi connectivity index (χ0n) is 9.34. The number of benzene rings is 1. The van der Waals surface area contributed by atoms with Gasteiger partial charge in [0.15, 0.2) is 11.5 Å². The lowest BCUT2D eigenvalue weighted by Gasteiger charge is -2.17. The van der Waals surface area contributed by atoms with E-state index in [0.717, 1.165) is 18.4 Å². The van der Waals surface area contributed by atoms with Crippen molar-refractivity contribution in [1.82, 2.24) is 0 Å². The van der Waals surface area contributed by atoms with Crippen molar-refractivity contribution in [3.8, 4) is 23.8 Å². The second kappa shape index (κ2) is 3.92. The summed E-state index contributed by atoms with van der Waals surface area (Å²) in [5.74, 6) is 4.16. The summed E-state index contributed by atoms with van der Waals surface area (Å²) in [6.07, 6.45) is 7.53. The Balaban J connectivity index is 2.60. The molecule has 1 saturated carbocycles. The average Bonchev–Trinajstić information content (AvgIpc) is 3.08. The van der Waals surface area contributed by atoms with Crippen LogP contribution in [-0.2, 0) is 5.41 Å². The van der Waals surface area contributed by atoms with Crippen LogP contribution in [0.2, 0.25) is 5.02 Å². The van der Waals surface area contributed by atoms with Gasteiger partial charge in [0.05, 0.1) is 19.6 Å². The van der Waals surface area contributed by atoms with E-state index in [9.17, 15) is 0 Å². The molecule has 2 nitrogen and oxygen atoms in total. The summed E-state index contributed by atoms with van der Waals surface area (Å²) in [5.41, 5.74) is 0.755. The molecule has 1 aromatic rings. The highest BCUT2D eigenvalue weighted by atomic mass is 35.5. The van der Waals surface area contributed by atoms with Crippen molar-refractivity contribution >= 4 is 11.6 Å². The fourth-order valence-electron chi connectivity index (χ4n) is 1.90. The first-order chi connectivity index (χ1) is 7.66. The first-order valence-electron chi connectivity index (χ1n) is 5.06.